The molecule has 1 amide bonds. The third kappa shape index (κ3) is 3.56. The highest BCUT2D eigenvalue weighted by Crippen LogP contribution is 2.17. The van der Waals surface area contributed by atoms with Crippen molar-refractivity contribution in [2.45, 2.75) is 6.54 Å². The van der Waals surface area contributed by atoms with E-state index in [-0.39, 0.29) is 24.1 Å². The molecule has 0 radical (unpaired) electrons. The van der Waals surface area contributed by atoms with Gasteiger partial charge in [0.15, 0.2) is 0 Å². The van der Waals surface area contributed by atoms with Gasteiger partial charge in [-0.25, -0.2) is 9.97 Å². The standard InChI is InChI=1S/C17H13N5O2/c18-10-12-4-1-2-6-14(12)21-17-19-8-7-15(22-17)16(23)20-11-13-5-3-9-24-13/h1-9H,11H2,(H,20,23)(H,19,21,22). The van der Waals surface area contributed by atoms with Gasteiger partial charge in [-0.3, -0.25) is 4.79 Å². The molecule has 3 rings (SSSR count). The van der Waals surface area contributed by atoms with Crippen LogP contribution in [0, 0.1) is 11.3 Å². The van der Waals surface area contributed by atoms with E-state index in [2.05, 4.69) is 26.7 Å². The van der Waals surface area contributed by atoms with Gasteiger partial charge in [0.2, 0.25) is 5.95 Å². The molecule has 0 bridgehead atoms. The molecule has 0 aliphatic heterocycles. The molecule has 2 N–H and O–H groups in total. The van der Waals surface area contributed by atoms with Gasteiger partial charge in [-0.05, 0) is 30.3 Å². The predicted octanol–water partition coefficient (Wildman–Crippen LogP) is 2.61. The smallest absolute Gasteiger partial charge is 0.270 e. The summed E-state index contributed by atoms with van der Waals surface area (Å²) < 4.78 is 5.16. The van der Waals surface area contributed by atoms with Crippen molar-refractivity contribution in [3.8, 4) is 6.07 Å². The van der Waals surface area contributed by atoms with E-state index < -0.39 is 0 Å². The highest BCUT2D eigenvalue weighted by Gasteiger charge is 2.10. The fourth-order valence-electron chi connectivity index (χ4n) is 2.03. The quantitative estimate of drug-likeness (QED) is 0.749. The van der Waals surface area contributed by atoms with Gasteiger partial charge < -0.3 is 15.1 Å². The lowest BCUT2D eigenvalue weighted by Crippen LogP contribution is -2.24. The Morgan fingerprint density at radius 2 is 2.08 bits per heavy atom. The van der Waals surface area contributed by atoms with E-state index in [1.165, 1.54) is 12.3 Å². The molecule has 2 heterocycles. The van der Waals surface area contributed by atoms with Crippen LogP contribution in [0.15, 0.2) is 59.3 Å². The third-order valence-electron chi connectivity index (χ3n) is 3.19. The Balaban J connectivity index is 1.72. The minimum absolute atomic E-state index is 0.216. The Hall–Kier alpha value is -3.66. The number of para-hydroxylation sites is 1. The first kappa shape index (κ1) is 15.2. The van der Waals surface area contributed by atoms with Gasteiger partial charge >= 0.3 is 0 Å². The average molecular weight is 319 g/mol. The molecule has 0 saturated carbocycles. The Morgan fingerprint density at radius 3 is 2.88 bits per heavy atom. The summed E-state index contributed by atoms with van der Waals surface area (Å²) in [5.74, 6) is 0.549. The Morgan fingerprint density at radius 1 is 1.21 bits per heavy atom. The Labute approximate surface area is 138 Å². The second-order valence-corrected chi connectivity index (χ2v) is 4.81. The maximum absolute atomic E-state index is 12.1. The first-order valence-electron chi connectivity index (χ1n) is 7.16. The zero-order chi connectivity index (χ0) is 16.8. The van der Waals surface area contributed by atoms with Crippen molar-refractivity contribution in [1.82, 2.24) is 15.3 Å². The molecule has 118 valence electrons. The van der Waals surface area contributed by atoms with Crippen molar-refractivity contribution in [1.29, 1.82) is 5.26 Å². The van der Waals surface area contributed by atoms with Crippen LogP contribution in [0.5, 0.6) is 0 Å². The molecule has 24 heavy (non-hydrogen) atoms. The monoisotopic (exact) mass is 319 g/mol. The summed E-state index contributed by atoms with van der Waals surface area (Å²) in [4.78, 5) is 20.4. The van der Waals surface area contributed by atoms with Gasteiger partial charge in [-0.15, -0.1) is 0 Å². The number of nitrogens with one attached hydrogen (secondary N) is 2. The first-order chi connectivity index (χ1) is 11.8. The first-order valence-corrected chi connectivity index (χ1v) is 7.16. The fourth-order valence-corrected chi connectivity index (χ4v) is 2.03. The van der Waals surface area contributed by atoms with Crippen molar-refractivity contribution in [3.63, 3.8) is 0 Å². The highest BCUT2D eigenvalue weighted by molar-refractivity contribution is 5.92. The van der Waals surface area contributed by atoms with Crippen LogP contribution < -0.4 is 10.6 Å². The van der Waals surface area contributed by atoms with Crippen LogP contribution in [-0.2, 0) is 6.54 Å². The second-order valence-electron chi connectivity index (χ2n) is 4.81. The van der Waals surface area contributed by atoms with E-state index in [0.29, 0.717) is 17.0 Å². The molecule has 7 nitrogen and oxygen atoms in total. The number of benzene rings is 1. The minimum atomic E-state index is -0.342. The second kappa shape index (κ2) is 7.07. The summed E-state index contributed by atoms with van der Waals surface area (Å²) in [6.07, 6.45) is 3.02. The largest absolute Gasteiger partial charge is 0.467 e. The van der Waals surface area contributed by atoms with Crippen molar-refractivity contribution in [2.75, 3.05) is 5.32 Å². The summed E-state index contributed by atoms with van der Waals surface area (Å²) in [7, 11) is 0. The zero-order valence-electron chi connectivity index (χ0n) is 12.6. The molecule has 0 aliphatic rings. The fraction of sp³-hybridized carbons (Fsp3) is 0.0588. The summed E-state index contributed by atoms with van der Waals surface area (Å²) in [6, 6.07) is 14.1. The van der Waals surface area contributed by atoms with Crippen molar-refractivity contribution < 1.29 is 9.21 Å². The SMILES string of the molecule is N#Cc1ccccc1Nc1nccc(C(=O)NCc2ccco2)n1. The maximum Gasteiger partial charge on any atom is 0.270 e. The van der Waals surface area contributed by atoms with Gasteiger partial charge in [0.05, 0.1) is 24.1 Å². The molecule has 0 unspecified atom stereocenters. The van der Waals surface area contributed by atoms with Crippen LogP contribution in [-0.4, -0.2) is 15.9 Å². The third-order valence-corrected chi connectivity index (χ3v) is 3.19. The summed E-state index contributed by atoms with van der Waals surface area (Å²) >= 11 is 0. The molecule has 1 aromatic carbocycles. The highest BCUT2D eigenvalue weighted by atomic mass is 16.3. The van der Waals surface area contributed by atoms with Crippen LogP contribution in [0.25, 0.3) is 0 Å². The lowest BCUT2D eigenvalue weighted by Gasteiger charge is -2.08. The van der Waals surface area contributed by atoms with Gasteiger partial charge in [0, 0.05) is 6.20 Å². The number of carbonyl (C=O) groups excluding carboxylic acids is 1. The van der Waals surface area contributed by atoms with E-state index in [1.807, 2.05) is 0 Å². The Kier molecular flexibility index (Phi) is 4.49. The Bertz CT molecular complexity index is 884. The van der Waals surface area contributed by atoms with E-state index in [0.717, 1.165) is 0 Å². The maximum atomic E-state index is 12.1. The molecular weight excluding hydrogens is 306 g/mol. The lowest BCUT2D eigenvalue weighted by atomic mass is 10.2. The van der Waals surface area contributed by atoms with Crippen LogP contribution in [0.3, 0.4) is 0 Å². The molecule has 3 aromatic rings. The summed E-state index contributed by atoms with van der Waals surface area (Å²) in [5.41, 5.74) is 1.26. The average Bonchev–Trinajstić information content (AvgIpc) is 3.14. The van der Waals surface area contributed by atoms with E-state index in [9.17, 15) is 4.79 Å². The number of nitrogens with zero attached hydrogens (tertiary/aromatic N) is 3. The van der Waals surface area contributed by atoms with Gasteiger partial charge in [-0.2, -0.15) is 5.26 Å². The molecule has 0 saturated heterocycles. The molecule has 7 heteroatoms. The minimum Gasteiger partial charge on any atom is -0.467 e. The molecule has 0 fully saturated rings. The molecule has 2 aromatic heterocycles. The van der Waals surface area contributed by atoms with Crippen LogP contribution in [0.4, 0.5) is 11.6 Å². The number of carbonyl (C=O) groups is 1. The van der Waals surface area contributed by atoms with Crippen LogP contribution in [0.1, 0.15) is 21.8 Å². The summed E-state index contributed by atoms with van der Waals surface area (Å²) in [6.45, 7) is 0.274. The number of furan rings is 1. The van der Waals surface area contributed by atoms with Gasteiger partial charge in [0.25, 0.3) is 5.91 Å². The number of anilines is 2. The number of amides is 1. The van der Waals surface area contributed by atoms with Crippen LogP contribution >= 0.6 is 0 Å². The van der Waals surface area contributed by atoms with Crippen molar-refractivity contribution in [2.24, 2.45) is 0 Å². The molecule has 0 aliphatic carbocycles. The molecular formula is C17H13N5O2. The zero-order valence-corrected chi connectivity index (χ0v) is 12.6. The number of hydrogen-bond acceptors (Lipinski definition) is 6. The summed E-state index contributed by atoms with van der Waals surface area (Å²) in [5, 5.41) is 14.8. The normalized spacial score (nSPS) is 9.96. The van der Waals surface area contributed by atoms with Crippen molar-refractivity contribution >= 4 is 17.5 Å². The van der Waals surface area contributed by atoms with Crippen molar-refractivity contribution in [3.05, 3.63) is 71.9 Å². The molecule has 0 atom stereocenters. The van der Waals surface area contributed by atoms with Gasteiger partial charge in [-0.1, -0.05) is 12.1 Å². The van der Waals surface area contributed by atoms with E-state index >= 15 is 0 Å². The van der Waals surface area contributed by atoms with E-state index in [4.69, 9.17) is 9.68 Å². The topological polar surface area (TPSA) is 104 Å². The number of rotatable bonds is 5. The van der Waals surface area contributed by atoms with Crippen LogP contribution in [0.2, 0.25) is 0 Å². The number of hydrogen-bond donors (Lipinski definition) is 2. The van der Waals surface area contributed by atoms with E-state index in [1.54, 1.807) is 42.7 Å². The predicted molar refractivity (Wildman–Crippen MR) is 86.3 cm³/mol. The number of aromatic nitrogens is 2. The molecule has 0 spiro atoms. The van der Waals surface area contributed by atoms with Gasteiger partial charge in [0.1, 0.15) is 17.5 Å². The lowest BCUT2D eigenvalue weighted by molar-refractivity contribution is 0.0943. The number of nitriles is 1.